The number of carbonyl (C=O) groups excluding carboxylic acids is 1. The molecular weight excluding hydrogens is 486 g/mol. The molecule has 0 saturated heterocycles. The van der Waals surface area contributed by atoms with Crippen molar-refractivity contribution >= 4 is 45.0 Å². The van der Waals surface area contributed by atoms with Crippen molar-refractivity contribution < 1.29 is 9.53 Å². The van der Waals surface area contributed by atoms with Crippen LogP contribution in [0.4, 0.5) is 23.1 Å². The molecule has 0 saturated carbocycles. The first-order valence-electron chi connectivity index (χ1n) is 10.7. The lowest BCUT2D eigenvalue weighted by atomic mass is 9.98. The topological polar surface area (TPSA) is 118 Å². The number of nitrogens with zero attached hydrogens (tertiary/aromatic N) is 4. The molecule has 3 aromatic rings. The summed E-state index contributed by atoms with van der Waals surface area (Å²) in [5, 5.41) is 14.5. The number of benzene rings is 2. The molecule has 0 radical (unpaired) electrons. The normalized spacial score (nSPS) is 13.3. The van der Waals surface area contributed by atoms with E-state index in [-0.39, 0.29) is 17.5 Å². The molecule has 0 fully saturated rings. The van der Waals surface area contributed by atoms with E-state index in [2.05, 4.69) is 65.7 Å². The average molecular weight is 512 g/mol. The van der Waals surface area contributed by atoms with Gasteiger partial charge in [-0.3, -0.25) is 9.69 Å². The standard InChI is InChI=1S/C23H26BrN7O2/c1-4-31-9-8-14-11-18(33-3)17(10-15(14)12-31)26-23-28-22(20(21(25)32)29-30-23)27-19-13(2)6-5-7-16(19)24/h5-7,10-11H,4,8-9,12H2,1-3H3,(H2,25,32)(H2,26,27,28,30). The second-order valence-electron chi connectivity index (χ2n) is 7.82. The number of fused-ring (bicyclic) bond motifs is 1. The number of rotatable bonds is 7. The Morgan fingerprint density at radius 1 is 1.24 bits per heavy atom. The number of aryl methyl sites for hydroxylation is 1. The van der Waals surface area contributed by atoms with Crippen molar-refractivity contribution in [2.75, 3.05) is 30.8 Å². The van der Waals surface area contributed by atoms with Gasteiger partial charge in [0.25, 0.3) is 5.91 Å². The van der Waals surface area contributed by atoms with E-state index >= 15 is 0 Å². The molecule has 10 heteroatoms. The molecule has 0 spiro atoms. The third-order valence-corrected chi connectivity index (χ3v) is 6.35. The van der Waals surface area contributed by atoms with E-state index in [4.69, 9.17) is 10.5 Å². The predicted octanol–water partition coefficient (Wildman–Crippen LogP) is 3.92. The average Bonchev–Trinajstić information content (AvgIpc) is 2.80. The number of ether oxygens (including phenoxy) is 1. The Bertz CT molecular complexity index is 1180. The third-order valence-electron chi connectivity index (χ3n) is 5.69. The maximum atomic E-state index is 12.0. The van der Waals surface area contributed by atoms with Crippen LogP contribution in [0.15, 0.2) is 34.8 Å². The summed E-state index contributed by atoms with van der Waals surface area (Å²) in [7, 11) is 1.63. The number of aromatic nitrogens is 3. The summed E-state index contributed by atoms with van der Waals surface area (Å²) in [6, 6.07) is 9.88. The Hall–Kier alpha value is -3.24. The van der Waals surface area contributed by atoms with Gasteiger partial charge in [0.1, 0.15) is 5.75 Å². The highest BCUT2D eigenvalue weighted by Crippen LogP contribution is 2.34. The Balaban J connectivity index is 1.69. The largest absolute Gasteiger partial charge is 0.495 e. The summed E-state index contributed by atoms with van der Waals surface area (Å²) < 4.78 is 6.43. The molecule has 4 N–H and O–H groups in total. The van der Waals surface area contributed by atoms with Gasteiger partial charge >= 0.3 is 0 Å². The van der Waals surface area contributed by atoms with Gasteiger partial charge in [0.15, 0.2) is 11.5 Å². The van der Waals surface area contributed by atoms with Crippen LogP contribution in [0, 0.1) is 6.92 Å². The second-order valence-corrected chi connectivity index (χ2v) is 8.67. The van der Waals surface area contributed by atoms with Crippen molar-refractivity contribution in [3.63, 3.8) is 0 Å². The van der Waals surface area contributed by atoms with Gasteiger partial charge in [0.05, 0.1) is 18.5 Å². The minimum absolute atomic E-state index is 0.0494. The molecule has 1 aliphatic rings. The summed E-state index contributed by atoms with van der Waals surface area (Å²) >= 11 is 3.52. The molecule has 9 nitrogen and oxygen atoms in total. The minimum Gasteiger partial charge on any atom is -0.495 e. The predicted molar refractivity (Wildman–Crippen MR) is 131 cm³/mol. The van der Waals surface area contributed by atoms with Crippen LogP contribution in [0.2, 0.25) is 0 Å². The summed E-state index contributed by atoms with van der Waals surface area (Å²) in [5.74, 6) is 0.398. The maximum absolute atomic E-state index is 12.0. The van der Waals surface area contributed by atoms with E-state index in [0.717, 1.165) is 47.5 Å². The summed E-state index contributed by atoms with van der Waals surface area (Å²) in [6.07, 6.45) is 0.977. The molecular formula is C23H26BrN7O2. The van der Waals surface area contributed by atoms with Gasteiger partial charge in [-0.15, -0.1) is 10.2 Å². The van der Waals surface area contributed by atoms with Crippen LogP contribution in [0.1, 0.15) is 34.1 Å². The number of nitrogens with two attached hydrogens (primary N) is 1. The van der Waals surface area contributed by atoms with Crippen molar-refractivity contribution in [2.45, 2.75) is 26.8 Å². The zero-order valence-corrected chi connectivity index (χ0v) is 20.4. The fourth-order valence-corrected chi connectivity index (χ4v) is 4.41. The molecule has 172 valence electrons. The van der Waals surface area contributed by atoms with Crippen molar-refractivity contribution in [2.24, 2.45) is 5.73 Å². The Kier molecular flexibility index (Phi) is 6.75. The molecule has 0 bridgehead atoms. The fourth-order valence-electron chi connectivity index (χ4n) is 3.84. The first-order chi connectivity index (χ1) is 15.9. The van der Waals surface area contributed by atoms with Crippen LogP contribution in [0.25, 0.3) is 0 Å². The number of primary amides is 1. The lowest BCUT2D eigenvalue weighted by molar-refractivity contribution is 0.0995. The molecule has 4 rings (SSSR count). The summed E-state index contributed by atoms with van der Waals surface area (Å²) in [5.41, 5.74) is 10.4. The molecule has 1 aliphatic heterocycles. The Morgan fingerprint density at radius 3 is 2.76 bits per heavy atom. The van der Waals surface area contributed by atoms with E-state index in [9.17, 15) is 4.79 Å². The van der Waals surface area contributed by atoms with Crippen molar-refractivity contribution in [1.29, 1.82) is 0 Å². The number of carbonyl (C=O) groups is 1. The molecule has 2 aromatic carbocycles. The molecule has 0 unspecified atom stereocenters. The lowest BCUT2D eigenvalue weighted by Crippen LogP contribution is -2.30. The van der Waals surface area contributed by atoms with Crippen LogP contribution in [-0.2, 0) is 13.0 Å². The molecule has 1 aromatic heterocycles. The first kappa shape index (κ1) is 22.9. The first-order valence-corrected chi connectivity index (χ1v) is 11.4. The molecule has 2 heterocycles. The number of para-hydroxylation sites is 1. The third kappa shape index (κ3) is 4.91. The maximum Gasteiger partial charge on any atom is 0.273 e. The van der Waals surface area contributed by atoms with E-state index in [0.29, 0.717) is 5.75 Å². The quantitative estimate of drug-likeness (QED) is 0.436. The van der Waals surface area contributed by atoms with E-state index in [1.807, 2.05) is 25.1 Å². The van der Waals surface area contributed by atoms with Gasteiger partial charge in [-0.05, 0) is 70.7 Å². The van der Waals surface area contributed by atoms with Gasteiger partial charge in [0.2, 0.25) is 5.95 Å². The van der Waals surface area contributed by atoms with E-state index in [1.165, 1.54) is 11.1 Å². The van der Waals surface area contributed by atoms with E-state index in [1.54, 1.807) is 7.11 Å². The number of likely N-dealkylation sites (N-methyl/N-ethyl adjacent to an activating group) is 1. The van der Waals surface area contributed by atoms with E-state index < -0.39 is 5.91 Å². The number of anilines is 4. The number of halogens is 1. The minimum atomic E-state index is -0.722. The molecule has 0 atom stereocenters. The highest BCUT2D eigenvalue weighted by Gasteiger charge is 2.20. The van der Waals surface area contributed by atoms with Crippen molar-refractivity contribution in [3.8, 4) is 5.75 Å². The highest BCUT2D eigenvalue weighted by atomic mass is 79.9. The van der Waals surface area contributed by atoms with Crippen molar-refractivity contribution in [1.82, 2.24) is 20.1 Å². The second kappa shape index (κ2) is 9.72. The van der Waals surface area contributed by atoms with Gasteiger partial charge in [-0.1, -0.05) is 19.1 Å². The van der Waals surface area contributed by atoms with Crippen molar-refractivity contribution in [3.05, 3.63) is 57.2 Å². The molecule has 33 heavy (non-hydrogen) atoms. The van der Waals surface area contributed by atoms with Gasteiger partial charge in [0, 0.05) is 17.6 Å². The van der Waals surface area contributed by atoms with Gasteiger partial charge in [-0.2, -0.15) is 4.98 Å². The Morgan fingerprint density at radius 2 is 2.06 bits per heavy atom. The number of hydrogen-bond donors (Lipinski definition) is 3. The zero-order valence-electron chi connectivity index (χ0n) is 18.8. The lowest BCUT2D eigenvalue weighted by Gasteiger charge is -2.28. The molecule has 0 aliphatic carbocycles. The number of methoxy groups -OCH3 is 1. The van der Waals surface area contributed by atoms with Crippen LogP contribution >= 0.6 is 15.9 Å². The monoisotopic (exact) mass is 511 g/mol. The smallest absolute Gasteiger partial charge is 0.273 e. The van der Waals surface area contributed by atoms with Crippen LogP contribution < -0.4 is 21.1 Å². The van der Waals surface area contributed by atoms with Crippen LogP contribution in [0.5, 0.6) is 5.75 Å². The van der Waals surface area contributed by atoms with Crippen LogP contribution in [0.3, 0.4) is 0 Å². The number of nitrogens with one attached hydrogen (secondary N) is 2. The Labute approximate surface area is 200 Å². The number of amides is 1. The summed E-state index contributed by atoms with van der Waals surface area (Å²) in [4.78, 5) is 18.8. The van der Waals surface area contributed by atoms with Gasteiger partial charge < -0.3 is 21.1 Å². The highest BCUT2D eigenvalue weighted by molar-refractivity contribution is 9.10. The zero-order chi connectivity index (χ0) is 23.5. The summed E-state index contributed by atoms with van der Waals surface area (Å²) in [6.45, 7) is 7.01. The van der Waals surface area contributed by atoms with Gasteiger partial charge in [-0.25, -0.2) is 0 Å². The fraction of sp³-hybridized carbons (Fsp3) is 0.304. The molecule has 1 amide bonds. The number of hydrogen-bond acceptors (Lipinski definition) is 8. The van der Waals surface area contributed by atoms with Crippen LogP contribution in [-0.4, -0.2) is 46.2 Å². The SMILES string of the molecule is CCN1CCc2cc(OC)c(Nc3nnc(C(N)=O)c(Nc4c(C)cccc4Br)n3)cc2C1.